The van der Waals surface area contributed by atoms with Crippen molar-refractivity contribution in [2.45, 2.75) is 38.1 Å². The van der Waals surface area contributed by atoms with Crippen molar-refractivity contribution in [3.8, 4) is 0 Å². The summed E-state index contributed by atoms with van der Waals surface area (Å²) in [5.74, 6) is -0.0206. The molecule has 2 heterocycles. The van der Waals surface area contributed by atoms with Crippen molar-refractivity contribution in [3.05, 3.63) is 39.9 Å². The normalized spacial score (nSPS) is 20.3. The highest BCUT2D eigenvalue weighted by molar-refractivity contribution is 7.15. The van der Waals surface area contributed by atoms with Crippen LogP contribution < -0.4 is 5.32 Å². The highest BCUT2D eigenvalue weighted by Crippen LogP contribution is 2.38. The zero-order valence-electron chi connectivity index (χ0n) is 14.2. The molecule has 2 aromatic rings. The molecule has 136 valence electrons. The third-order valence-electron chi connectivity index (χ3n) is 5.00. The van der Waals surface area contributed by atoms with Crippen molar-refractivity contribution in [2.75, 3.05) is 11.9 Å². The van der Waals surface area contributed by atoms with Crippen LogP contribution >= 0.6 is 22.9 Å². The minimum Gasteiger partial charge on any atom is -0.338 e. The van der Waals surface area contributed by atoms with Crippen LogP contribution in [0.1, 0.15) is 42.2 Å². The van der Waals surface area contributed by atoms with Gasteiger partial charge in [0.2, 0.25) is 16.9 Å². The van der Waals surface area contributed by atoms with Gasteiger partial charge in [0.1, 0.15) is 5.01 Å². The van der Waals surface area contributed by atoms with E-state index < -0.39 is 0 Å². The van der Waals surface area contributed by atoms with E-state index >= 15 is 0 Å². The van der Waals surface area contributed by atoms with E-state index in [2.05, 4.69) is 15.5 Å². The Bertz CT molecular complexity index is 819. The minimum atomic E-state index is -0.356. The van der Waals surface area contributed by atoms with E-state index in [1.807, 2.05) is 12.1 Å². The molecular formula is C18H19ClN4O2S. The van der Waals surface area contributed by atoms with Gasteiger partial charge in [0.15, 0.2) is 0 Å². The fourth-order valence-electron chi connectivity index (χ4n) is 3.22. The number of hydrogen-bond acceptors (Lipinski definition) is 5. The lowest BCUT2D eigenvalue weighted by atomic mass is 9.86. The molecule has 2 amide bonds. The van der Waals surface area contributed by atoms with Crippen molar-refractivity contribution in [1.82, 2.24) is 15.1 Å². The van der Waals surface area contributed by atoms with Crippen LogP contribution in [0.3, 0.4) is 0 Å². The third kappa shape index (κ3) is 3.73. The quantitative estimate of drug-likeness (QED) is 0.848. The first-order chi connectivity index (χ1) is 12.6. The van der Waals surface area contributed by atoms with Crippen LogP contribution in [0.25, 0.3) is 0 Å². The first kappa shape index (κ1) is 17.4. The molecular weight excluding hydrogens is 372 g/mol. The molecule has 1 saturated heterocycles. The fraction of sp³-hybridized carbons (Fsp3) is 0.444. The van der Waals surface area contributed by atoms with Crippen LogP contribution in [0.5, 0.6) is 0 Å². The third-order valence-corrected chi connectivity index (χ3v) is 6.25. The molecule has 1 aromatic heterocycles. The molecule has 4 rings (SSSR count). The zero-order valence-corrected chi connectivity index (χ0v) is 15.7. The number of halogens is 1. The molecule has 1 aromatic carbocycles. The summed E-state index contributed by atoms with van der Waals surface area (Å²) in [6.45, 7) is 0.909. The summed E-state index contributed by atoms with van der Waals surface area (Å²) in [7, 11) is 0. The fourth-order valence-corrected chi connectivity index (χ4v) is 4.26. The van der Waals surface area contributed by atoms with Gasteiger partial charge in [-0.25, -0.2) is 0 Å². The van der Waals surface area contributed by atoms with Crippen molar-refractivity contribution >= 4 is 39.9 Å². The van der Waals surface area contributed by atoms with Gasteiger partial charge in [-0.3, -0.25) is 9.59 Å². The lowest BCUT2D eigenvalue weighted by Crippen LogP contribution is -2.28. The molecule has 0 bridgehead atoms. The van der Waals surface area contributed by atoms with E-state index in [1.165, 1.54) is 17.8 Å². The zero-order chi connectivity index (χ0) is 18.1. The summed E-state index contributed by atoms with van der Waals surface area (Å²) in [4.78, 5) is 26.5. The number of nitrogens with zero attached hydrogens (tertiary/aromatic N) is 3. The van der Waals surface area contributed by atoms with Crippen LogP contribution in [0, 0.1) is 5.92 Å². The minimum absolute atomic E-state index is 0.00693. The van der Waals surface area contributed by atoms with Gasteiger partial charge in [-0.2, -0.15) is 0 Å². The molecule has 6 nitrogen and oxygen atoms in total. The average molecular weight is 391 g/mol. The number of hydrogen-bond donors (Lipinski definition) is 1. The summed E-state index contributed by atoms with van der Waals surface area (Å²) in [6.07, 6.45) is 3.77. The van der Waals surface area contributed by atoms with Gasteiger partial charge in [-0.1, -0.05) is 41.5 Å². The molecule has 1 N–H and O–H groups in total. The number of anilines is 1. The van der Waals surface area contributed by atoms with E-state index in [0.717, 1.165) is 23.4 Å². The lowest BCUT2D eigenvalue weighted by molar-refractivity contribution is -0.128. The first-order valence-corrected chi connectivity index (χ1v) is 9.94. The Kier molecular flexibility index (Phi) is 4.91. The number of rotatable bonds is 5. The monoisotopic (exact) mass is 390 g/mol. The molecule has 2 fully saturated rings. The molecule has 0 radical (unpaired) electrons. The second-order valence-corrected chi connectivity index (χ2v) is 8.31. The molecule has 1 aliphatic carbocycles. The van der Waals surface area contributed by atoms with E-state index in [-0.39, 0.29) is 24.2 Å². The van der Waals surface area contributed by atoms with Crippen molar-refractivity contribution in [2.24, 2.45) is 5.92 Å². The topological polar surface area (TPSA) is 75.2 Å². The van der Waals surface area contributed by atoms with Crippen molar-refractivity contribution in [3.63, 3.8) is 0 Å². The molecule has 8 heteroatoms. The molecule has 0 spiro atoms. The molecule has 1 aliphatic heterocycles. The SMILES string of the molecule is O=C(Nc1nnc(C2CCC2)s1)[C@H]1CC(=O)N(Cc2ccc(Cl)cc2)C1. The number of likely N-dealkylation sites (tertiary alicyclic amines) is 1. The largest absolute Gasteiger partial charge is 0.338 e. The Morgan fingerprint density at radius 2 is 2.04 bits per heavy atom. The maximum absolute atomic E-state index is 12.5. The highest BCUT2D eigenvalue weighted by Gasteiger charge is 2.34. The van der Waals surface area contributed by atoms with Gasteiger partial charge < -0.3 is 10.2 Å². The Morgan fingerprint density at radius 3 is 2.73 bits per heavy atom. The van der Waals surface area contributed by atoms with Crippen LogP contribution in [0.4, 0.5) is 5.13 Å². The predicted molar refractivity (Wildman–Crippen MR) is 100 cm³/mol. The van der Waals surface area contributed by atoms with E-state index in [1.54, 1.807) is 17.0 Å². The van der Waals surface area contributed by atoms with Crippen molar-refractivity contribution in [1.29, 1.82) is 0 Å². The van der Waals surface area contributed by atoms with Gasteiger partial charge >= 0.3 is 0 Å². The van der Waals surface area contributed by atoms with E-state index in [4.69, 9.17) is 11.6 Å². The maximum atomic E-state index is 12.5. The first-order valence-electron chi connectivity index (χ1n) is 8.75. The van der Waals surface area contributed by atoms with Gasteiger partial charge in [0, 0.05) is 30.5 Å². The van der Waals surface area contributed by atoms with Gasteiger partial charge in [-0.15, -0.1) is 10.2 Å². The average Bonchev–Trinajstić information content (AvgIpc) is 3.15. The van der Waals surface area contributed by atoms with E-state index in [9.17, 15) is 9.59 Å². The summed E-state index contributed by atoms with van der Waals surface area (Å²) >= 11 is 7.33. The van der Waals surface area contributed by atoms with Crippen molar-refractivity contribution < 1.29 is 9.59 Å². The summed E-state index contributed by atoms with van der Waals surface area (Å²) < 4.78 is 0. The Morgan fingerprint density at radius 1 is 1.27 bits per heavy atom. The van der Waals surface area contributed by atoms with Gasteiger partial charge in [0.05, 0.1) is 5.92 Å². The second-order valence-electron chi connectivity index (χ2n) is 6.86. The standard InChI is InChI=1S/C18H19ClN4O2S/c19-14-6-4-11(5-7-14)9-23-10-13(8-15(23)24)16(25)20-18-22-21-17(26-18)12-2-1-3-12/h4-7,12-13H,1-3,8-10H2,(H,20,22,25)/t13-/m0/s1. The summed E-state index contributed by atoms with van der Waals surface area (Å²) in [5, 5.41) is 13.3. The van der Waals surface area contributed by atoms with Crippen LogP contribution in [0.2, 0.25) is 5.02 Å². The number of nitrogens with one attached hydrogen (secondary N) is 1. The number of benzene rings is 1. The lowest BCUT2D eigenvalue weighted by Gasteiger charge is -2.21. The van der Waals surface area contributed by atoms with E-state index in [0.29, 0.717) is 29.2 Å². The Labute approximate surface area is 160 Å². The van der Waals surface area contributed by atoms with Gasteiger partial charge in [0.25, 0.3) is 0 Å². The molecule has 0 unspecified atom stereocenters. The summed E-state index contributed by atoms with van der Waals surface area (Å²) in [5.41, 5.74) is 0.998. The molecule has 1 atom stereocenters. The van der Waals surface area contributed by atoms with Gasteiger partial charge in [-0.05, 0) is 30.5 Å². The Hall–Kier alpha value is -1.99. The number of amides is 2. The highest BCUT2D eigenvalue weighted by atomic mass is 35.5. The molecule has 1 saturated carbocycles. The van der Waals surface area contributed by atoms with Crippen LogP contribution in [-0.2, 0) is 16.1 Å². The maximum Gasteiger partial charge on any atom is 0.231 e. The number of carbonyl (C=O) groups excluding carboxylic acids is 2. The number of aromatic nitrogens is 2. The summed E-state index contributed by atoms with van der Waals surface area (Å²) in [6, 6.07) is 7.39. The second kappa shape index (κ2) is 7.32. The predicted octanol–water partition coefficient (Wildman–Crippen LogP) is 3.45. The van der Waals surface area contributed by atoms with Crippen LogP contribution in [-0.4, -0.2) is 33.5 Å². The Balaban J connectivity index is 1.34. The number of carbonyl (C=O) groups is 2. The van der Waals surface area contributed by atoms with Crippen LogP contribution in [0.15, 0.2) is 24.3 Å². The molecule has 2 aliphatic rings. The smallest absolute Gasteiger partial charge is 0.231 e. The molecule has 26 heavy (non-hydrogen) atoms.